The van der Waals surface area contributed by atoms with E-state index in [2.05, 4.69) is 4.90 Å². The van der Waals surface area contributed by atoms with E-state index in [1.165, 1.54) is 5.56 Å². The molecule has 0 aliphatic carbocycles. The predicted octanol–water partition coefficient (Wildman–Crippen LogP) is 4.07. The van der Waals surface area contributed by atoms with Crippen molar-refractivity contribution in [3.05, 3.63) is 70.8 Å². The molecule has 2 rings (SSSR count). The number of carbonyl (C=O) groups is 1. The fourth-order valence-electron chi connectivity index (χ4n) is 1.96. The number of anilines is 1. The fraction of sp³-hybridized carbons (Fsp3) is 0.118. The lowest BCUT2D eigenvalue weighted by molar-refractivity contribution is -0.131. The number of carboxylic acids is 1. The van der Waals surface area contributed by atoms with Crippen molar-refractivity contribution in [1.82, 2.24) is 0 Å². The Labute approximate surface area is 129 Å². The zero-order valence-corrected chi connectivity index (χ0v) is 12.4. The highest BCUT2D eigenvalue weighted by Crippen LogP contribution is 2.18. The Balaban J connectivity index is 2.04. The van der Waals surface area contributed by atoms with Crippen molar-refractivity contribution >= 4 is 29.3 Å². The van der Waals surface area contributed by atoms with Gasteiger partial charge in [-0.15, -0.1) is 0 Å². The average molecular weight is 302 g/mol. The van der Waals surface area contributed by atoms with Gasteiger partial charge in [-0.3, -0.25) is 0 Å². The second-order valence-corrected chi connectivity index (χ2v) is 5.18. The predicted molar refractivity (Wildman–Crippen MR) is 86.7 cm³/mol. The van der Waals surface area contributed by atoms with Crippen molar-refractivity contribution in [1.29, 1.82) is 0 Å². The third-order valence-corrected chi connectivity index (χ3v) is 3.34. The molecule has 0 saturated heterocycles. The lowest BCUT2D eigenvalue weighted by Crippen LogP contribution is -2.16. The van der Waals surface area contributed by atoms with Gasteiger partial charge in [-0.2, -0.15) is 0 Å². The van der Waals surface area contributed by atoms with Gasteiger partial charge < -0.3 is 10.0 Å². The lowest BCUT2D eigenvalue weighted by Gasteiger charge is -2.19. The zero-order chi connectivity index (χ0) is 15.2. The Kier molecular flexibility index (Phi) is 5.01. The van der Waals surface area contributed by atoms with Gasteiger partial charge in [0.1, 0.15) is 0 Å². The Hall–Kier alpha value is -2.26. The van der Waals surface area contributed by atoms with Crippen LogP contribution in [0, 0.1) is 0 Å². The van der Waals surface area contributed by atoms with Gasteiger partial charge in [0.2, 0.25) is 0 Å². The van der Waals surface area contributed by atoms with Crippen LogP contribution < -0.4 is 4.90 Å². The first-order chi connectivity index (χ1) is 10.0. The van der Waals surface area contributed by atoms with Gasteiger partial charge in [-0.05, 0) is 41.5 Å². The Morgan fingerprint density at radius 2 is 1.76 bits per heavy atom. The summed E-state index contributed by atoms with van der Waals surface area (Å²) in [6.45, 7) is 0.779. The van der Waals surface area contributed by atoms with E-state index >= 15 is 0 Å². The minimum Gasteiger partial charge on any atom is -0.478 e. The van der Waals surface area contributed by atoms with E-state index in [-0.39, 0.29) is 0 Å². The first kappa shape index (κ1) is 15.1. The largest absolute Gasteiger partial charge is 0.478 e. The number of rotatable bonds is 5. The van der Waals surface area contributed by atoms with Gasteiger partial charge in [-0.25, -0.2) is 4.79 Å². The van der Waals surface area contributed by atoms with Crippen molar-refractivity contribution in [2.24, 2.45) is 0 Å². The number of hydrogen-bond acceptors (Lipinski definition) is 2. The van der Waals surface area contributed by atoms with E-state index in [1.807, 2.05) is 55.6 Å². The van der Waals surface area contributed by atoms with Gasteiger partial charge in [-0.1, -0.05) is 35.9 Å². The molecule has 21 heavy (non-hydrogen) atoms. The van der Waals surface area contributed by atoms with Crippen molar-refractivity contribution in [2.75, 3.05) is 11.9 Å². The smallest absolute Gasteiger partial charge is 0.328 e. The second-order valence-electron chi connectivity index (χ2n) is 4.75. The molecule has 0 aromatic heterocycles. The van der Waals surface area contributed by atoms with Crippen LogP contribution in [-0.2, 0) is 11.3 Å². The summed E-state index contributed by atoms with van der Waals surface area (Å²) in [6.07, 6.45) is 2.71. The molecular formula is C17H16ClNO2. The van der Waals surface area contributed by atoms with E-state index in [0.29, 0.717) is 0 Å². The molecule has 0 amide bonds. The number of hydrogen-bond donors (Lipinski definition) is 1. The molecule has 2 aromatic carbocycles. The SMILES string of the molecule is CN(Cc1ccc(Cl)cc1)c1ccc(C=CC(=O)O)cc1. The van der Waals surface area contributed by atoms with Crippen LogP contribution >= 0.6 is 11.6 Å². The molecule has 0 unspecified atom stereocenters. The van der Waals surface area contributed by atoms with E-state index in [1.54, 1.807) is 6.08 Å². The Bertz CT molecular complexity index is 633. The third kappa shape index (κ3) is 4.65. The van der Waals surface area contributed by atoms with Crippen molar-refractivity contribution in [3.63, 3.8) is 0 Å². The van der Waals surface area contributed by atoms with Gasteiger partial charge >= 0.3 is 5.97 Å². The normalized spacial score (nSPS) is 10.8. The number of carboxylic acid groups (broad SMARTS) is 1. The highest BCUT2D eigenvalue weighted by atomic mass is 35.5. The first-order valence-corrected chi connectivity index (χ1v) is 6.89. The number of halogens is 1. The summed E-state index contributed by atoms with van der Waals surface area (Å²) in [7, 11) is 2.01. The minimum absolute atomic E-state index is 0.732. The highest BCUT2D eigenvalue weighted by Gasteiger charge is 2.02. The van der Waals surface area contributed by atoms with E-state index in [4.69, 9.17) is 16.7 Å². The standard InChI is InChI=1S/C17H16ClNO2/c1-19(12-14-2-7-15(18)8-3-14)16-9-4-13(5-10-16)6-11-17(20)21/h2-11H,12H2,1H3,(H,20,21). The number of nitrogens with zero attached hydrogens (tertiary/aromatic N) is 1. The summed E-state index contributed by atoms with van der Waals surface area (Å²) in [4.78, 5) is 12.6. The number of aliphatic carboxylic acids is 1. The second kappa shape index (κ2) is 6.95. The summed E-state index contributed by atoms with van der Waals surface area (Å²) in [5.41, 5.74) is 3.11. The maximum Gasteiger partial charge on any atom is 0.328 e. The molecule has 108 valence electrons. The van der Waals surface area contributed by atoms with Crippen LogP contribution in [0.4, 0.5) is 5.69 Å². The lowest BCUT2D eigenvalue weighted by atomic mass is 10.1. The monoisotopic (exact) mass is 301 g/mol. The molecule has 0 saturated carbocycles. The maximum absolute atomic E-state index is 10.5. The molecule has 0 aliphatic heterocycles. The van der Waals surface area contributed by atoms with Crippen LogP contribution in [0.3, 0.4) is 0 Å². The molecule has 0 heterocycles. The van der Waals surface area contributed by atoms with Gasteiger partial charge in [0, 0.05) is 30.4 Å². The molecule has 3 nitrogen and oxygen atoms in total. The summed E-state index contributed by atoms with van der Waals surface area (Å²) in [6, 6.07) is 15.5. The first-order valence-electron chi connectivity index (χ1n) is 6.51. The van der Waals surface area contributed by atoms with Gasteiger partial charge in [0.25, 0.3) is 0 Å². The molecule has 1 N–H and O–H groups in total. The molecule has 0 radical (unpaired) electrons. The molecule has 0 atom stereocenters. The van der Waals surface area contributed by atoms with E-state index in [9.17, 15) is 4.79 Å². The fourth-order valence-corrected chi connectivity index (χ4v) is 2.09. The van der Waals surface area contributed by atoms with Crippen LogP contribution in [0.2, 0.25) is 5.02 Å². The topological polar surface area (TPSA) is 40.5 Å². The third-order valence-electron chi connectivity index (χ3n) is 3.09. The summed E-state index contributed by atoms with van der Waals surface area (Å²) < 4.78 is 0. The maximum atomic E-state index is 10.5. The minimum atomic E-state index is -0.945. The molecule has 2 aromatic rings. The van der Waals surface area contributed by atoms with Crippen molar-refractivity contribution in [3.8, 4) is 0 Å². The van der Waals surface area contributed by atoms with Crippen LogP contribution in [-0.4, -0.2) is 18.1 Å². The van der Waals surface area contributed by atoms with Crippen molar-refractivity contribution in [2.45, 2.75) is 6.54 Å². The summed E-state index contributed by atoms with van der Waals surface area (Å²) in [5, 5.41) is 9.33. The van der Waals surface area contributed by atoms with Crippen LogP contribution in [0.15, 0.2) is 54.6 Å². The van der Waals surface area contributed by atoms with E-state index < -0.39 is 5.97 Å². The molecule has 0 aliphatic rings. The van der Waals surface area contributed by atoms with Gasteiger partial charge in [0.05, 0.1) is 0 Å². The molecular weight excluding hydrogens is 286 g/mol. The van der Waals surface area contributed by atoms with Crippen LogP contribution in [0.1, 0.15) is 11.1 Å². The molecule has 0 spiro atoms. The van der Waals surface area contributed by atoms with Crippen molar-refractivity contribution < 1.29 is 9.90 Å². The average Bonchev–Trinajstić information content (AvgIpc) is 2.48. The molecule has 0 fully saturated rings. The Morgan fingerprint density at radius 1 is 1.14 bits per heavy atom. The quantitative estimate of drug-likeness (QED) is 0.846. The van der Waals surface area contributed by atoms with Crippen LogP contribution in [0.5, 0.6) is 0 Å². The van der Waals surface area contributed by atoms with Gasteiger partial charge in [0.15, 0.2) is 0 Å². The molecule has 4 heteroatoms. The highest BCUT2D eigenvalue weighted by molar-refractivity contribution is 6.30. The summed E-state index contributed by atoms with van der Waals surface area (Å²) >= 11 is 5.87. The zero-order valence-electron chi connectivity index (χ0n) is 11.7. The summed E-state index contributed by atoms with van der Waals surface area (Å²) in [5.74, 6) is -0.945. The molecule has 0 bridgehead atoms. The van der Waals surface area contributed by atoms with E-state index in [0.717, 1.165) is 28.9 Å². The van der Waals surface area contributed by atoms with Crippen LogP contribution in [0.25, 0.3) is 6.08 Å². The number of benzene rings is 2. The Morgan fingerprint density at radius 3 is 2.33 bits per heavy atom.